The summed E-state index contributed by atoms with van der Waals surface area (Å²) in [5.74, 6) is -0.137. The third kappa shape index (κ3) is 4.22. The Balaban J connectivity index is 1.22. The minimum atomic E-state index is -0.379. The molecule has 9 nitrogen and oxygen atoms in total. The third-order valence-corrected chi connectivity index (χ3v) is 6.91. The van der Waals surface area contributed by atoms with Crippen LogP contribution in [0.15, 0.2) is 42.5 Å². The van der Waals surface area contributed by atoms with Gasteiger partial charge in [0, 0.05) is 30.8 Å². The average Bonchev–Trinajstić information content (AvgIpc) is 3.60. The summed E-state index contributed by atoms with van der Waals surface area (Å²) in [4.78, 5) is 28.6. The molecular weight excluding hydrogens is 444 g/mol. The van der Waals surface area contributed by atoms with Crippen LogP contribution in [0.3, 0.4) is 0 Å². The van der Waals surface area contributed by atoms with Gasteiger partial charge in [-0.2, -0.15) is 5.10 Å². The molecule has 180 valence electrons. The van der Waals surface area contributed by atoms with Gasteiger partial charge in [0.15, 0.2) is 5.78 Å². The van der Waals surface area contributed by atoms with Crippen LogP contribution in [-0.4, -0.2) is 71.3 Å². The highest BCUT2D eigenvalue weighted by molar-refractivity contribution is 6.26. The standard InChI is InChI=1S/C26H28N6O3/c33-25-21-19(4-3-5-20(21)27-26(34)30-32-12-14-35-15-13-32)24-22(25)23(28-29-24)18-8-6-17(7-9-18)16-31-10-1-2-11-31/h3-9H,1-2,10-16H2,(H,28,29)(H2,27,30,34). The van der Waals surface area contributed by atoms with Gasteiger partial charge in [-0.1, -0.05) is 36.4 Å². The monoisotopic (exact) mass is 472 g/mol. The van der Waals surface area contributed by atoms with Gasteiger partial charge in [0.1, 0.15) is 5.69 Å². The maximum atomic E-state index is 13.6. The molecule has 0 spiro atoms. The van der Waals surface area contributed by atoms with Crippen molar-refractivity contribution in [2.45, 2.75) is 19.4 Å². The highest BCUT2D eigenvalue weighted by Crippen LogP contribution is 2.42. The van der Waals surface area contributed by atoms with E-state index in [9.17, 15) is 9.59 Å². The summed E-state index contributed by atoms with van der Waals surface area (Å²) in [5, 5.41) is 12.2. The number of hydrazine groups is 1. The van der Waals surface area contributed by atoms with Crippen molar-refractivity contribution in [2.75, 3.05) is 44.7 Å². The van der Waals surface area contributed by atoms with E-state index >= 15 is 0 Å². The molecule has 0 saturated carbocycles. The molecule has 3 aliphatic rings. The number of nitrogens with one attached hydrogen (secondary N) is 3. The number of nitrogens with zero attached hydrogens (tertiary/aromatic N) is 3. The van der Waals surface area contributed by atoms with Crippen molar-refractivity contribution in [3.8, 4) is 22.5 Å². The fourth-order valence-electron chi connectivity index (χ4n) is 5.14. The first-order chi connectivity index (χ1) is 17.2. The SMILES string of the molecule is O=C(Nc1cccc2c1C(=O)c1c(-c3ccc(CN4CCCC4)cc3)n[nH]c1-2)NN1CCOCC1. The highest BCUT2D eigenvalue weighted by atomic mass is 16.5. The predicted octanol–water partition coefficient (Wildman–Crippen LogP) is 3.25. The predicted molar refractivity (Wildman–Crippen MR) is 132 cm³/mol. The second kappa shape index (κ2) is 9.26. The largest absolute Gasteiger partial charge is 0.379 e. The number of amides is 2. The van der Waals surface area contributed by atoms with Crippen LogP contribution in [0, 0.1) is 0 Å². The average molecular weight is 473 g/mol. The number of ketones is 1. The Morgan fingerprint density at radius 2 is 1.77 bits per heavy atom. The van der Waals surface area contributed by atoms with E-state index in [-0.39, 0.29) is 11.8 Å². The summed E-state index contributed by atoms with van der Waals surface area (Å²) in [7, 11) is 0. The molecule has 3 heterocycles. The number of hydrogen-bond acceptors (Lipinski definition) is 6. The number of aromatic amines is 1. The summed E-state index contributed by atoms with van der Waals surface area (Å²) in [6.45, 7) is 5.65. The number of carbonyl (C=O) groups is 2. The second-order valence-electron chi connectivity index (χ2n) is 9.22. The molecule has 6 rings (SSSR count). The number of rotatable bonds is 5. The van der Waals surface area contributed by atoms with Gasteiger partial charge in [-0.25, -0.2) is 9.80 Å². The topological polar surface area (TPSA) is 103 Å². The molecular formula is C26H28N6O3. The molecule has 2 fully saturated rings. The Kier molecular flexibility index (Phi) is 5.81. The molecule has 2 amide bonds. The van der Waals surface area contributed by atoms with Gasteiger partial charge >= 0.3 is 6.03 Å². The maximum absolute atomic E-state index is 13.6. The molecule has 0 bridgehead atoms. The Labute approximate surface area is 203 Å². The number of morpholine rings is 1. The van der Waals surface area contributed by atoms with Crippen LogP contribution in [0.25, 0.3) is 22.5 Å². The van der Waals surface area contributed by atoms with Gasteiger partial charge in [-0.15, -0.1) is 0 Å². The van der Waals surface area contributed by atoms with E-state index in [0.29, 0.717) is 54.5 Å². The van der Waals surface area contributed by atoms with Crippen molar-refractivity contribution < 1.29 is 14.3 Å². The number of anilines is 1. The van der Waals surface area contributed by atoms with Crippen molar-refractivity contribution >= 4 is 17.5 Å². The molecule has 3 N–H and O–H groups in total. The lowest BCUT2D eigenvalue weighted by Crippen LogP contribution is -2.49. The molecule has 2 saturated heterocycles. The Hall–Kier alpha value is -3.53. The van der Waals surface area contributed by atoms with Gasteiger partial charge in [0.25, 0.3) is 0 Å². The van der Waals surface area contributed by atoms with Crippen molar-refractivity contribution in [2.24, 2.45) is 0 Å². The van der Waals surface area contributed by atoms with Gasteiger partial charge in [-0.3, -0.25) is 20.2 Å². The summed E-state index contributed by atoms with van der Waals surface area (Å²) in [6, 6.07) is 13.4. The molecule has 3 aromatic rings. The summed E-state index contributed by atoms with van der Waals surface area (Å²) in [5.41, 5.74) is 8.58. The number of likely N-dealkylation sites (tertiary alicyclic amines) is 1. The van der Waals surface area contributed by atoms with Crippen LogP contribution in [0.5, 0.6) is 0 Å². The van der Waals surface area contributed by atoms with E-state index in [1.807, 2.05) is 29.3 Å². The zero-order chi connectivity index (χ0) is 23.8. The van der Waals surface area contributed by atoms with E-state index in [2.05, 4.69) is 38.0 Å². The smallest absolute Gasteiger partial charge is 0.333 e. The van der Waals surface area contributed by atoms with Crippen LogP contribution in [0.1, 0.15) is 34.3 Å². The number of benzene rings is 2. The maximum Gasteiger partial charge on any atom is 0.333 e. The van der Waals surface area contributed by atoms with Gasteiger partial charge < -0.3 is 10.1 Å². The lowest BCUT2D eigenvalue weighted by Gasteiger charge is -2.27. The number of fused-ring (bicyclic) bond motifs is 3. The van der Waals surface area contributed by atoms with Crippen LogP contribution in [-0.2, 0) is 11.3 Å². The molecule has 9 heteroatoms. The molecule has 35 heavy (non-hydrogen) atoms. The molecule has 0 atom stereocenters. The summed E-state index contributed by atoms with van der Waals surface area (Å²) < 4.78 is 5.32. The number of carbonyl (C=O) groups excluding carboxylic acids is 2. The number of hydrogen-bond donors (Lipinski definition) is 3. The minimum Gasteiger partial charge on any atom is -0.379 e. The third-order valence-electron chi connectivity index (χ3n) is 6.91. The Bertz CT molecular complexity index is 1260. The Morgan fingerprint density at radius 3 is 2.54 bits per heavy atom. The van der Waals surface area contributed by atoms with Crippen LogP contribution < -0.4 is 10.7 Å². The summed E-state index contributed by atoms with van der Waals surface area (Å²) >= 11 is 0. The number of urea groups is 1. The lowest BCUT2D eigenvalue weighted by atomic mass is 10.0. The number of ether oxygens (including phenoxy) is 1. The van der Waals surface area contributed by atoms with E-state index in [0.717, 1.165) is 30.8 Å². The van der Waals surface area contributed by atoms with Gasteiger partial charge in [-0.05, 0) is 37.6 Å². The van der Waals surface area contributed by atoms with Crippen molar-refractivity contribution in [1.29, 1.82) is 0 Å². The number of aromatic nitrogens is 2. The molecule has 1 aromatic heterocycles. The van der Waals surface area contributed by atoms with E-state index in [1.54, 1.807) is 6.07 Å². The second-order valence-corrected chi connectivity index (χ2v) is 9.22. The van der Waals surface area contributed by atoms with Crippen LogP contribution in [0.4, 0.5) is 10.5 Å². The van der Waals surface area contributed by atoms with Crippen LogP contribution >= 0.6 is 0 Å². The van der Waals surface area contributed by atoms with Gasteiger partial charge in [0.05, 0.1) is 35.7 Å². The van der Waals surface area contributed by atoms with Crippen molar-refractivity contribution in [3.05, 3.63) is 59.2 Å². The van der Waals surface area contributed by atoms with E-state index in [4.69, 9.17) is 4.74 Å². The number of H-pyrrole nitrogens is 1. The minimum absolute atomic E-state index is 0.137. The summed E-state index contributed by atoms with van der Waals surface area (Å²) in [6.07, 6.45) is 2.54. The zero-order valence-corrected chi connectivity index (χ0v) is 19.5. The fraction of sp³-hybridized carbons (Fsp3) is 0.346. The molecule has 0 unspecified atom stereocenters. The van der Waals surface area contributed by atoms with Crippen LogP contribution in [0.2, 0.25) is 0 Å². The molecule has 0 radical (unpaired) electrons. The Morgan fingerprint density at radius 1 is 1.00 bits per heavy atom. The quantitative estimate of drug-likeness (QED) is 0.412. The highest BCUT2D eigenvalue weighted by Gasteiger charge is 2.35. The first-order valence-electron chi connectivity index (χ1n) is 12.2. The van der Waals surface area contributed by atoms with E-state index in [1.165, 1.54) is 18.4 Å². The first kappa shape index (κ1) is 22.0. The van der Waals surface area contributed by atoms with Gasteiger partial charge in [0.2, 0.25) is 0 Å². The molecule has 1 aliphatic carbocycles. The molecule has 2 aromatic carbocycles. The first-order valence-corrected chi connectivity index (χ1v) is 12.2. The lowest BCUT2D eigenvalue weighted by molar-refractivity contribution is 0.0207. The zero-order valence-electron chi connectivity index (χ0n) is 19.5. The molecule has 2 aliphatic heterocycles. The van der Waals surface area contributed by atoms with Crippen molar-refractivity contribution in [3.63, 3.8) is 0 Å². The fourth-order valence-corrected chi connectivity index (χ4v) is 5.14. The van der Waals surface area contributed by atoms with E-state index < -0.39 is 0 Å². The normalized spacial score (nSPS) is 17.9. The van der Waals surface area contributed by atoms with Crippen molar-refractivity contribution in [1.82, 2.24) is 25.5 Å².